The number of fused-ring (bicyclic) bond motifs is 1. The van der Waals surface area contributed by atoms with Crippen LogP contribution in [0.5, 0.6) is 0 Å². The number of amides is 2. The van der Waals surface area contributed by atoms with E-state index in [4.69, 9.17) is 0 Å². The fraction of sp³-hybridized carbons (Fsp3) is 0.259. The molecule has 2 aromatic carbocycles. The lowest BCUT2D eigenvalue weighted by atomic mass is 9.90. The van der Waals surface area contributed by atoms with Crippen molar-refractivity contribution in [3.63, 3.8) is 0 Å². The Morgan fingerprint density at radius 3 is 2.66 bits per heavy atom. The zero-order chi connectivity index (χ0) is 29.7. The summed E-state index contributed by atoms with van der Waals surface area (Å²) in [6, 6.07) is 8.58. The van der Waals surface area contributed by atoms with Crippen LogP contribution in [0.4, 0.5) is 27.6 Å². The van der Waals surface area contributed by atoms with Crippen molar-refractivity contribution < 1.29 is 36.6 Å². The Kier molecular flexibility index (Phi) is 7.32. The van der Waals surface area contributed by atoms with Gasteiger partial charge in [0.1, 0.15) is 23.4 Å². The highest BCUT2D eigenvalue weighted by Gasteiger charge is 2.52. The molecular weight excluding hydrogens is 617 g/mol. The van der Waals surface area contributed by atoms with Gasteiger partial charge in [0.2, 0.25) is 0 Å². The molecule has 5 rings (SSSR count). The topological polar surface area (TPSA) is 98.7 Å². The number of carbonyl (C=O) groups is 2. The zero-order valence-corrected chi connectivity index (χ0v) is 22.9. The first-order chi connectivity index (χ1) is 19.3. The van der Waals surface area contributed by atoms with E-state index in [0.717, 1.165) is 17.4 Å². The van der Waals surface area contributed by atoms with Crippen molar-refractivity contribution in [3.8, 4) is 11.3 Å². The molecule has 1 aromatic heterocycles. The number of nitrogens with zero attached hydrogens (tertiary/aromatic N) is 4. The third kappa shape index (κ3) is 5.17. The highest BCUT2D eigenvalue weighted by Crippen LogP contribution is 2.42. The Balaban J connectivity index is 1.53. The summed E-state index contributed by atoms with van der Waals surface area (Å²) in [7, 11) is 0. The molecule has 3 aromatic rings. The van der Waals surface area contributed by atoms with Gasteiger partial charge in [-0.15, -0.1) is 0 Å². The number of aliphatic hydroxyl groups is 1. The van der Waals surface area contributed by atoms with Gasteiger partial charge in [0.15, 0.2) is 11.6 Å². The molecule has 14 heteroatoms. The van der Waals surface area contributed by atoms with Crippen LogP contribution in [-0.2, 0) is 22.3 Å². The molecule has 8 nitrogen and oxygen atoms in total. The molecule has 214 valence electrons. The second-order valence-corrected chi connectivity index (χ2v) is 10.6. The number of rotatable bonds is 5. The molecule has 1 atom stereocenters. The number of nitrogens with one attached hydrogen (secondary N) is 1. The van der Waals surface area contributed by atoms with Gasteiger partial charge in [-0.2, -0.15) is 13.2 Å². The van der Waals surface area contributed by atoms with Gasteiger partial charge in [0, 0.05) is 22.1 Å². The SMILES string of the molecule is CC12CCCN1N(Cc1cccc(F)c1F)C(=O)C(C(=O)Nc1ccc(Br)cc1-c1cc(C(F)(F)F)ncn1)=C2O. The number of aliphatic hydroxyl groups excluding tert-OH is 1. The maximum atomic E-state index is 14.5. The normalized spacial score (nSPS) is 19.5. The van der Waals surface area contributed by atoms with Gasteiger partial charge in [-0.05, 0) is 50.1 Å². The average molecular weight is 638 g/mol. The molecule has 1 saturated heterocycles. The van der Waals surface area contributed by atoms with Crippen LogP contribution < -0.4 is 5.32 Å². The minimum atomic E-state index is -4.74. The number of benzene rings is 2. The van der Waals surface area contributed by atoms with E-state index in [1.807, 2.05) is 0 Å². The van der Waals surface area contributed by atoms with Gasteiger partial charge in [-0.3, -0.25) is 14.6 Å². The van der Waals surface area contributed by atoms with Crippen molar-refractivity contribution in [1.82, 2.24) is 20.0 Å². The lowest BCUT2D eigenvalue weighted by molar-refractivity contribution is -0.160. The molecule has 41 heavy (non-hydrogen) atoms. The van der Waals surface area contributed by atoms with Gasteiger partial charge in [-0.1, -0.05) is 28.1 Å². The van der Waals surface area contributed by atoms with Crippen LogP contribution in [0.15, 0.2) is 64.6 Å². The molecule has 1 unspecified atom stereocenters. The smallest absolute Gasteiger partial charge is 0.433 e. The maximum Gasteiger partial charge on any atom is 0.433 e. The van der Waals surface area contributed by atoms with Crippen LogP contribution in [0.2, 0.25) is 0 Å². The van der Waals surface area contributed by atoms with Gasteiger partial charge < -0.3 is 10.4 Å². The van der Waals surface area contributed by atoms with E-state index in [0.29, 0.717) is 29.9 Å². The molecule has 2 aliphatic heterocycles. The summed E-state index contributed by atoms with van der Waals surface area (Å²) in [5.74, 6) is -4.75. The van der Waals surface area contributed by atoms with Crippen molar-refractivity contribution in [2.24, 2.45) is 0 Å². The monoisotopic (exact) mass is 637 g/mol. The van der Waals surface area contributed by atoms with Crippen molar-refractivity contribution in [3.05, 3.63) is 87.5 Å². The first-order valence-corrected chi connectivity index (χ1v) is 13.1. The quantitative estimate of drug-likeness (QED) is 0.272. The van der Waals surface area contributed by atoms with Crippen LogP contribution >= 0.6 is 15.9 Å². The number of hydrogen-bond donors (Lipinski definition) is 2. The zero-order valence-electron chi connectivity index (χ0n) is 21.3. The van der Waals surface area contributed by atoms with Crippen LogP contribution in [-0.4, -0.2) is 49.0 Å². The molecule has 2 amide bonds. The summed E-state index contributed by atoms with van der Waals surface area (Å²) in [6.07, 6.45) is -3.11. The summed E-state index contributed by atoms with van der Waals surface area (Å²) >= 11 is 3.25. The largest absolute Gasteiger partial charge is 0.509 e. The highest BCUT2D eigenvalue weighted by atomic mass is 79.9. The van der Waals surface area contributed by atoms with E-state index >= 15 is 0 Å². The minimum absolute atomic E-state index is 0.000135. The Morgan fingerprint density at radius 2 is 1.93 bits per heavy atom. The predicted molar refractivity (Wildman–Crippen MR) is 140 cm³/mol. The predicted octanol–water partition coefficient (Wildman–Crippen LogP) is 5.77. The number of halogens is 6. The molecule has 0 aliphatic carbocycles. The van der Waals surface area contributed by atoms with Gasteiger partial charge in [0.05, 0.1) is 23.5 Å². The Bertz CT molecular complexity index is 1600. The Hall–Kier alpha value is -3.91. The standard InChI is InChI=1S/C27H21BrF5N5O3/c1-26-8-3-9-38(26)37(12-14-4-2-5-17(29)22(14)30)25(41)21(23(26)39)24(40)36-18-7-6-15(28)10-16(18)19-11-20(27(31,32)33)35-13-34-19/h2,4-7,10-11,13,39H,3,8-9,12H2,1H3,(H,36,40). The lowest BCUT2D eigenvalue weighted by Gasteiger charge is -2.46. The van der Waals surface area contributed by atoms with Gasteiger partial charge >= 0.3 is 6.18 Å². The summed E-state index contributed by atoms with van der Waals surface area (Å²) in [5, 5.41) is 16.3. The number of hydrogen-bond acceptors (Lipinski definition) is 6. The first kappa shape index (κ1) is 28.6. The molecule has 1 fully saturated rings. The van der Waals surface area contributed by atoms with Crippen molar-refractivity contribution in [2.45, 2.75) is 38.0 Å². The molecule has 3 heterocycles. The molecule has 0 spiro atoms. The molecule has 2 N–H and O–H groups in total. The van der Waals surface area contributed by atoms with E-state index in [1.54, 1.807) is 6.92 Å². The Morgan fingerprint density at radius 1 is 1.17 bits per heavy atom. The van der Waals surface area contributed by atoms with Gasteiger partial charge in [-0.25, -0.2) is 23.8 Å². The summed E-state index contributed by atoms with van der Waals surface area (Å²) in [5.41, 5.74) is -3.23. The molecule has 0 saturated carbocycles. The lowest BCUT2D eigenvalue weighted by Crippen LogP contribution is -2.60. The fourth-order valence-electron chi connectivity index (χ4n) is 5.06. The number of alkyl halides is 3. The van der Waals surface area contributed by atoms with E-state index in [9.17, 15) is 36.6 Å². The molecular formula is C27H21BrF5N5O3. The maximum absolute atomic E-state index is 14.5. The van der Waals surface area contributed by atoms with E-state index < -0.39 is 58.7 Å². The van der Waals surface area contributed by atoms with Crippen molar-refractivity contribution >= 4 is 33.4 Å². The van der Waals surface area contributed by atoms with E-state index in [1.165, 1.54) is 35.3 Å². The molecule has 0 radical (unpaired) electrons. The third-order valence-electron chi connectivity index (χ3n) is 7.13. The van der Waals surface area contributed by atoms with Gasteiger partial charge in [0.25, 0.3) is 11.8 Å². The van der Waals surface area contributed by atoms with Crippen molar-refractivity contribution in [1.29, 1.82) is 0 Å². The summed E-state index contributed by atoms with van der Waals surface area (Å²) < 4.78 is 68.8. The average Bonchev–Trinajstić information content (AvgIpc) is 3.32. The van der Waals surface area contributed by atoms with Crippen LogP contribution in [0.1, 0.15) is 31.0 Å². The summed E-state index contributed by atoms with van der Waals surface area (Å²) in [6.45, 7) is 1.52. The molecule has 0 bridgehead atoms. The summed E-state index contributed by atoms with van der Waals surface area (Å²) in [4.78, 5) is 34.4. The molecule has 2 aliphatic rings. The van der Waals surface area contributed by atoms with Crippen LogP contribution in [0.25, 0.3) is 11.3 Å². The Labute approximate surface area is 238 Å². The second-order valence-electron chi connectivity index (χ2n) is 9.73. The third-order valence-corrected chi connectivity index (χ3v) is 7.63. The fourth-order valence-corrected chi connectivity index (χ4v) is 5.42. The van der Waals surface area contributed by atoms with Crippen LogP contribution in [0, 0.1) is 11.6 Å². The first-order valence-electron chi connectivity index (χ1n) is 12.3. The van der Waals surface area contributed by atoms with Crippen molar-refractivity contribution in [2.75, 3.05) is 11.9 Å². The second kappa shape index (κ2) is 10.5. The van der Waals surface area contributed by atoms with E-state index in [2.05, 4.69) is 31.2 Å². The number of aromatic nitrogens is 2. The van der Waals surface area contributed by atoms with Crippen LogP contribution in [0.3, 0.4) is 0 Å². The highest BCUT2D eigenvalue weighted by molar-refractivity contribution is 9.10. The number of carbonyl (C=O) groups excluding carboxylic acids is 2. The number of hydrazine groups is 1. The number of anilines is 1. The van der Waals surface area contributed by atoms with E-state index in [-0.39, 0.29) is 22.5 Å². The minimum Gasteiger partial charge on any atom is -0.509 e.